The maximum atomic E-state index is 12.8. The summed E-state index contributed by atoms with van der Waals surface area (Å²) >= 11 is 0. The Morgan fingerprint density at radius 3 is 2.39 bits per heavy atom. The van der Waals surface area contributed by atoms with Crippen LogP contribution >= 0.6 is 0 Å². The normalized spacial score (nSPS) is 13.2. The molecule has 0 aliphatic carbocycles. The number of benzene rings is 1. The molecule has 1 aromatic carbocycles. The molecule has 4 heteroatoms. The van der Waals surface area contributed by atoms with E-state index in [9.17, 15) is 9.18 Å². The molecule has 0 fully saturated rings. The average Bonchev–Trinajstić information content (AvgIpc) is 2.29. The van der Waals surface area contributed by atoms with E-state index in [1.165, 1.54) is 12.1 Å². The van der Waals surface area contributed by atoms with E-state index in [2.05, 4.69) is 10.6 Å². The van der Waals surface area contributed by atoms with Gasteiger partial charge in [0, 0.05) is 0 Å². The van der Waals surface area contributed by atoms with Crippen molar-refractivity contribution in [2.45, 2.75) is 39.3 Å². The highest BCUT2D eigenvalue weighted by atomic mass is 19.1. The van der Waals surface area contributed by atoms with Crippen molar-refractivity contribution in [2.75, 3.05) is 6.54 Å². The van der Waals surface area contributed by atoms with Gasteiger partial charge in [-0.15, -0.1) is 0 Å². The van der Waals surface area contributed by atoms with Crippen LogP contribution in [0.5, 0.6) is 0 Å². The fraction of sp³-hybridized carbons (Fsp3) is 0.500. The number of nitrogens with one attached hydrogen (secondary N) is 2. The maximum absolute atomic E-state index is 12.8. The molecule has 0 aromatic heterocycles. The van der Waals surface area contributed by atoms with E-state index in [0.717, 1.165) is 12.1 Å². The molecule has 1 rings (SSSR count). The molecular formula is C14H21FN2O. The van der Waals surface area contributed by atoms with Crippen LogP contribution in [0.15, 0.2) is 24.3 Å². The van der Waals surface area contributed by atoms with Crippen LogP contribution < -0.4 is 10.6 Å². The summed E-state index contributed by atoms with van der Waals surface area (Å²) in [7, 11) is 0. The summed E-state index contributed by atoms with van der Waals surface area (Å²) in [6.45, 7) is 8.24. The second-order valence-electron chi connectivity index (χ2n) is 4.90. The summed E-state index contributed by atoms with van der Waals surface area (Å²) in [5.74, 6) is -0.341. The second kappa shape index (κ2) is 5.96. The Kier molecular flexibility index (Phi) is 4.84. The van der Waals surface area contributed by atoms with Gasteiger partial charge in [-0.25, -0.2) is 4.39 Å². The number of carbonyl (C=O) groups is 1. The van der Waals surface area contributed by atoms with Gasteiger partial charge in [0.2, 0.25) is 5.91 Å². The van der Waals surface area contributed by atoms with Gasteiger partial charge in [0.25, 0.3) is 0 Å². The predicted octanol–water partition coefficient (Wildman–Crippen LogP) is 2.39. The number of halogens is 1. The lowest BCUT2D eigenvalue weighted by atomic mass is 10.0. The number of amides is 1. The zero-order valence-electron chi connectivity index (χ0n) is 11.4. The summed E-state index contributed by atoms with van der Waals surface area (Å²) in [6.07, 6.45) is 0. The molecule has 0 saturated heterocycles. The van der Waals surface area contributed by atoms with Crippen molar-refractivity contribution in [3.63, 3.8) is 0 Å². The molecule has 0 bridgehead atoms. The van der Waals surface area contributed by atoms with E-state index < -0.39 is 5.54 Å². The lowest BCUT2D eigenvalue weighted by Crippen LogP contribution is -2.52. The molecule has 0 aliphatic rings. The highest BCUT2D eigenvalue weighted by molar-refractivity contribution is 5.85. The number of carbonyl (C=O) groups excluding carboxylic acids is 1. The van der Waals surface area contributed by atoms with Crippen molar-refractivity contribution in [3.8, 4) is 0 Å². The molecule has 1 atom stereocenters. The topological polar surface area (TPSA) is 41.1 Å². The van der Waals surface area contributed by atoms with Crippen LogP contribution in [-0.2, 0) is 4.79 Å². The number of rotatable bonds is 5. The molecule has 0 spiro atoms. The van der Waals surface area contributed by atoms with Crippen molar-refractivity contribution in [1.29, 1.82) is 0 Å². The monoisotopic (exact) mass is 252 g/mol. The Labute approximate surface area is 108 Å². The predicted molar refractivity (Wildman–Crippen MR) is 70.7 cm³/mol. The van der Waals surface area contributed by atoms with Crippen LogP contribution in [0.25, 0.3) is 0 Å². The van der Waals surface area contributed by atoms with Gasteiger partial charge in [0.05, 0.1) is 11.6 Å². The fourth-order valence-corrected chi connectivity index (χ4v) is 1.73. The quantitative estimate of drug-likeness (QED) is 0.845. The first-order valence-electron chi connectivity index (χ1n) is 6.18. The zero-order chi connectivity index (χ0) is 13.8. The van der Waals surface area contributed by atoms with Crippen molar-refractivity contribution in [2.24, 2.45) is 0 Å². The van der Waals surface area contributed by atoms with E-state index >= 15 is 0 Å². The fourth-order valence-electron chi connectivity index (χ4n) is 1.73. The van der Waals surface area contributed by atoms with Crippen LogP contribution in [0.4, 0.5) is 4.39 Å². The van der Waals surface area contributed by atoms with Crippen LogP contribution in [0.2, 0.25) is 0 Å². The third-order valence-electron chi connectivity index (χ3n) is 2.90. The van der Waals surface area contributed by atoms with Crippen LogP contribution in [0.3, 0.4) is 0 Å². The molecule has 0 saturated carbocycles. The van der Waals surface area contributed by atoms with E-state index in [1.807, 2.05) is 27.7 Å². The van der Waals surface area contributed by atoms with Gasteiger partial charge in [0.15, 0.2) is 0 Å². The molecule has 100 valence electrons. The van der Waals surface area contributed by atoms with E-state index in [4.69, 9.17) is 0 Å². The van der Waals surface area contributed by atoms with E-state index in [-0.39, 0.29) is 17.8 Å². The molecule has 1 unspecified atom stereocenters. The smallest absolute Gasteiger partial charge is 0.240 e. The van der Waals surface area contributed by atoms with Crippen LogP contribution in [-0.4, -0.2) is 18.0 Å². The first-order chi connectivity index (χ1) is 8.36. The Bertz CT molecular complexity index is 401. The van der Waals surface area contributed by atoms with Gasteiger partial charge < -0.3 is 10.6 Å². The minimum absolute atomic E-state index is 0.0684. The lowest BCUT2D eigenvalue weighted by molar-refractivity contribution is -0.127. The van der Waals surface area contributed by atoms with Crippen LogP contribution in [0, 0.1) is 5.82 Å². The molecule has 3 nitrogen and oxygen atoms in total. The van der Waals surface area contributed by atoms with Gasteiger partial charge >= 0.3 is 0 Å². The Hall–Kier alpha value is -1.42. The summed E-state index contributed by atoms with van der Waals surface area (Å²) in [4.78, 5) is 12.1. The van der Waals surface area contributed by atoms with Gasteiger partial charge in [-0.1, -0.05) is 19.1 Å². The minimum Gasteiger partial charge on any atom is -0.348 e. The van der Waals surface area contributed by atoms with Gasteiger partial charge in [-0.05, 0) is 45.0 Å². The van der Waals surface area contributed by atoms with Crippen LogP contribution in [0.1, 0.15) is 39.3 Å². The third-order valence-corrected chi connectivity index (χ3v) is 2.90. The van der Waals surface area contributed by atoms with Gasteiger partial charge in [-0.2, -0.15) is 0 Å². The Balaban J connectivity index is 2.67. The molecule has 1 amide bonds. The number of likely N-dealkylation sites (N-methyl/N-ethyl adjacent to an activating group) is 1. The first kappa shape index (κ1) is 14.6. The molecular weight excluding hydrogens is 231 g/mol. The maximum Gasteiger partial charge on any atom is 0.240 e. The number of hydrogen-bond acceptors (Lipinski definition) is 2. The summed E-state index contributed by atoms with van der Waals surface area (Å²) in [6, 6.07) is 6.01. The summed E-state index contributed by atoms with van der Waals surface area (Å²) in [5, 5.41) is 6.03. The average molecular weight is 252 g/mol. The van der Waals surface area contributed by atoms with Crippen molar-refractivity contribution < 1.29 is 9.18 Å². The first-order valence-corrected chi connectivity index (χ1v) is 6.18. The molecule has 2 N–H and O–H groups in total. The Morgan fingerprint density at radius 1 is 1.33 bits per heavy atom. The third kappa shape index (κ3) is 3.81. The zero-order valence-corrected chi connectivity index (χ0v) is 11.4. The number of hydrogen-bond donors (Lipinski definition) is 2. The highest BCUT2D eigenvalue weighted by Crippen LogP contribution is 2.14. The minimum atomic E-state index is -0.608. The SMILES string of the molecule is CCNC(C)(C)C(=O)NC(C)c1ccc(F)cc1. The molecule has 0 radical (unpaired) electrons. The van der Waals surface area contributed by atoms with Gasteiger partial charge in [0.1, 0.15) is 5.82 Å². The second-order valence-corrected chi connectivity index (χ2v) is 4.90. The molecule has 18 heavy (non-hydrogen) atoms. The Morgan fingerprint density at radius 2 is 1.89 bits per heavy atom. The van der Waals surface area contributed by atoms with E-state index in [0.29, 0.717) is 0 Å². The molecule has 0 aliphatic heterocycles. The van der Waals surface area contributed by atoms with Crippen molar-refractivity contribution >= 4 is 5.91 Å². The van der Waals surface area contributed by atoms with Gasteiger partial charge in [-0.3, -0.25) is 4.79 Å². The molecule has 1 aromatic rings. The standard InChI is InChI=1S/C14H21FN2O/c1-5-16-14(3,4)13(18)17-10(2)11-6-8-12(15)9-7-11/h6-10,16H,5H2,1-4H3,(H,17,18). The summed E-state index contributed by atoms with van der Waals surface area (Å²) < 4.78 is 12.8. The van der Waals surface area contributed by atoms with Crippen molar-refractivity contribution in [3.05, 3.63) is 35.6 Å². The molecule has 0 heterocycles. The van der Waals surface area contributed by atoms with Crippen molar-refractivity contribution in [1.82, 2.24) is 10.6 Å². The highest BCUT2D eigenvalue weighted by Gasteiger charge is 2.27. The van der Waals surface area contributed by atoms with E-state index in [1.54, 1.807) is 12.1 Å². The summed E-state index contributed by atoms with van der Waals surface area (Å²) in [5.41, 5.74) is 0.278. The lowest BCUT2D eigenvalue weighted by Gasteiger charge is -2.26. The largest absolute Gasteiger partial charge is 0.348 e.